The summed E-state index contributed by atoms with van der Waals surface area (Å²) in [5.41, 5.74) is 3.88. The molecule has 0 aliphatic carbocycles. The van der Waals surface area contributed by atoms with Gasteiger partial charge in [-0.15, -0.1) is 0 Å². The van der Waals surface area contributed by atoms with Gasteiger partial charge in [0.2, 0.25) is 0 Å². The second-order valence-electron chi connectivity index (χ2n) is 6.33. The van der Waals surface area contributed by atoms with Gasteiger partial charge in [-0.1, -0.05) is 31.0 Å². The highest BCUT2D eigenvalue weighted by atomic mass is 35.5. The summed E-state index contributed by atoms with van der Waals surface area (Å²) in [6.07, 6.45) is 3.94. The van der Waals surface area contributed by atoms with Crippen molar-refractivity contribution in [3.63, 3.8) is 0 Å². The van der Waals surface area contributed by atoms with Crippen LogP contribution in [0.5, 0.6) is 0 Å². The van der Waals surface area contributed by atoms with Crippen LogP contribution in [0.2, 0.25) is 5.02 Å². The second kappa shape index (κ2) is 6.69. The standard InChI is InChI=1S/C21H17ClF2N2/c1-2-4-13-9-10-26-18-8-7-14(22)11-15(18)21(25-12-19(13)26)20-16(23)5-3-6-17(20)24/h3,5-11H,2,4,12H2,1H3. The van der Waals surface area contributed by atoms with Gasteiger partial charge in [0.25, 0.3) is 0 Å². The lowest BCUT2D eigenvalue weighted by molar-refractivity contribution is 0.579. The van der Waals surface area contributed by atoms with Crippen LogP contribution in [0.3, 0.4) is 0 Å². The number of hydrogen-bond acceptors (Lipinski definition) is 1. The maximum atomic E-state index is 14.5. The van der Waals surface area contributed by atoms with Gasteiger partial charge in [-0.05, 0) is 48.4 Å². The Morgan fingerprint density at radius 3 is 2.62 bits per heavy atom. The summed E-state index contributed by atoms with van der Waals surface area (Å²) in [6, 6.07) is 11.3. The Kier molecular flexibility index (Phi) is 4.37. The van der Waals surface area contributed by atoms with Crippen LogP contribution < -0.4 is 0 Å². The molecule has 0 radical (unpaired) electrons. The van der Waals surface area contributed by atoms with Crippen molar-refractivity contribution in [2.45, 2.75) is 26.3 Å². The molecule has 1 aliphatic heterocycles. The van der Waals surface area contributed by atoms with E-state index in [2.05, 4.69) is 18.0 Å². The van der Waals surface area contributed by atoms with Crippen LogP contribution in [0.25, 0.3) is 5.69 Å². The summed E-state index contributed by atoms with van der Waals surface area (Å²) in [5.74, 6) is -1.26. The first-order chi connectivity index (χ1) is 12.6. The monoisotopic (exact) mass is 370 g/mol. The summed E-state index contributed by atoms with van der Waals surface area (Å²) in [4.78, 5) is 4.61. The maximum absolute atomic E-state index is 14.5. The predicted octanol–water partition coefficient (Wildman–Crippen LogP) is 5.71. The molecule has 3 aromatic rings. The Bertz CT molecular complexity index is 1000. The summed E-state index contributed by atoms with van der Waals surface area (Å²) >= 11 is 6.19. The first-order valence-electron chi connectivity index (χ1n) is 8.58. The van der Waals surface area contributed by atoms with E-state index in [1.807, 2.05) is 16.8 Å². The predicted molar refractivity (Wildman–Crippen MR) is 100 cm³/mol. The topological polar surface area (TPSA) is 17.3 Å². The van der Waals surface area contributed by atoms with E-state index in [1.54, 1.807) is 12.1 Å². The Balaban J connectivity index is 1.99. The molecule has 0 amide bonds. The highest BCUT2D eigenvalue weighted by Gasteiger charge is 2.24. The average molecular weight is 371 g/mol. The van der Waals surface area contributed by atoms with Gasteiger partial charge in [0.1, 0.15) is 11.6 Å². The van der Waals surface area contributed by atoms with E-state index >= 15 is 0 Å². The highest BCUT2D eigenvalue weighted by molar-refractivity contribution is 6.31. The molecule has 2 nitrogen and oxygen atoms in total. The van der Waals surface area contributed by atoms with Crippen molar-refractivity contribution in [2.75, 3.05) is 0 Å². The number of rotatable bonds is 3. The maximum Gasteiger partial charge on any atom is 0.135 e. The number of hydrogen-bond donors (Lipinski definition) is 0. The number of aromatic nitrogens is 1. The van der Waals surface area contributed by atoms with Crippen LogP contribution in [0.1, 0.15) is 35.7 Å². The van der Waals surface area contributed by atoms with Crippen LogP contribution in [0, 0.1) is 11.6 Å². The third-order valence-corrected chi connectivity index (χ3v) is 4.90. The Morgan fingerprint density at radius 1 is 1.12 bits per heavy atom. The van der Waals surface area contributed by atoms with Crippen LogP contribution in [-0.4, -0.2) is 10.3 Å². The molecule has 4 rings (SSSR count). The molecule has 132 valence electrons. The van der Waals surface area contributed by atoms with Gasteiger partial charge >= 0.3 is 0 Å². The lowest BCUT2D eigenvalue weighted by Gasteiger charge is -2.13. The summed E-state index contributed by atoms with van der Waals surface area (Å²) in [5, 5.41) is 0.498. The van der Waals surface area contributed by atoms with Crippen molar-refractivity contribution in [3.05, 3.63) is 87.7 Å². The quantitative estimate of drug-likeness (QED) is 0.561. The van der Waals surface area contributed by atoms with Gasteiger partial charge in [-0.25, -0.2) is 8.78 Å². The normalized spacial score (nSPS) is 13.0. The van der Waals surface area contributed by atoms with Gasteiger partial charge in [-0.2, -0.15) is 0 Å². The van der Waals surface area contributed by atoms with E-state index in [0.29, 0.717) is 22.8 Å². The Labute approximate surface area is 155 Å². The van der Waals surface area contributed by atoms with Gasteiger partial charge < -0.3 is 4.57 Å². The molecule has 1 aromatic heterocycles. The smallest absolute Gasteiger partial charge is 0.135 e. The van der Waals surface area contributed by atoms with Crippen LogP contribution >= 0.6 is 11.6 Å². The number of fused-ring (bicyclic) bond motifs is 3. The number of aryl methyl sites for hydroxylation is 1. The van der Waals surface area contributed by atoms with Gasteiger partial charge in [0.15, 0.2) is 0 Å². The van der Waals surface area contributed by atoms with Crippen molar-refractivity contribution < 1.29 is 8.78 Å². The summed E-state index contributed by atoms with van der Waals surface area (Å²) in [7, 11) is 0. The molecule has 0 unspecified atom stereocenters. The van der Waals surface area contributed by atoms with Crippen LogP contribution in [0.15, 0.2) is 53.7 Å². The summed E-state index contributed by atoms with van der Waals surface area (Å²) in [6.45, 7) is 2.48. The lowest BCUT2D eigenvalue weighted by atomic mass is 9.99. The van der Waals surface area contributed by atoms with E-state index in [1.165, 1.54) is 23.8 Å². The molecule has 26 heavy (non-hydrogen) atoms. The number of benzene rings is 2. The van der Waals surface area contributed by atoms with E-state index in [9.17, 15) is 8.78 Å². The first kappa shape index (κ1) is 17.0. The van der Waals surface area contributed by atoms with Crippen LogP contribution in [0.4, 0.5) is 8.78 Å². The fourth-order valence-corrected chi connectivity index (χ4v) is 3.66. The molecule has 0 saturated carbocycles. The van der Waals surface area contributed by atoms with E-state index < -0.39 is 11.6 Å². The second-order valence-corrected chi connectivity index (χ2v) is 6.77. The zero-order valence-corrected chi connectivity index (χ0v) is 15.0. The lowest BCUT2D eigenvalue weighted by Crippen LogP contribution is -2.11. The minimum atomic E-state index is -0.630. The minimum Gasteiger partial charge on any atom is -0.318 e. The van der Waals surface area contributed by atoms with Crippen molar-refractivity contribution in [1.29, 1.82) is 0 Å². The Hall–Kier alpha value is -2.46. The minimum absolute atomic E-state index is 0.112. The largest absolute Gasteiger partial charge is 0.318 e. The molecule has 2 aromatic carbocycles. The molecule has 0 atom stereocenters. The molecule has 1 aliphatic rings. The molecule has 0 spiro atoms. The molecule has 2 heterocycles. The molecular formula is C21H17ClF2N2. The molecule has 5 heteroatoms. The Morgan fingerprint density at radius 2 is 1.88 bits per heavy atom. The van der Waals surface area contributed by atoms with E-state index in [-0.39, 0.29) is 5.56 Å². The van der Waals surface area contributed by atoms with Crippen molar-refractivity contribution in [3.8, 4) is 5.69 Å². The molecule has 0 N–H and O–H groups in total. The fourth-order valence-electron chi connectivity index (χ4n) is 3.49. The first-order valence-corrected chi connectivity index (χ1v) is 8.96. The fraction of sp³-hybridized carbons (Fsp3) is 0.190. The van der Waals surface area contributed by atoms with Gasteiger partial charge in [-0.3, -0.25) is 4.99 Å². The third kappa shape index (κ3) is 2.74. The van der Waals surface area contributed by atoms with Crippen molar-refractivity contribution in [2.24, 2.45) is 4.99 Å². The molecule has 0 saturated heterocycles. The SMILES string of the molecule is CCCc1ccn2c1CN=C(c1c(F)cccc1F)c1cc(Cl)ccc1-2. The van der Waals surface area contributed by atoms with Crippen molar-refractivity contribution in [1.82, 2.24) is 4.57 Å². The number of nitrogens with zero attached hydrogens (tertiary/aromatic N) is 2. The van der Waals surface area contributed by atoms with E-state index in [4.69, 9.17) is 11.6 Å². The van der Waals surface area contributed by atoms with Crippen molar-refractivity contribution >= 4 is 17.3 Å². The van der Waals surface area contributed by atoms with Gasteiger partial charge in [0.05, 0.1) is 23.5 Å². The number of halogens is 3. The average Bonchev–Trinajstić information content (AvgIpc) is 2.93. The zero-order chi connectivity index (χ0) is 18.3. The van der Waals surface area contributed by atoms with E-state index in [0.717, 1.165) is 24.2 Å². The molecule has 0 bridgehead atoms. The zero-order valence-electron chi connectivity index (χ0n) is 14.3. The summed E-state index contributed by atoms with van der Waals surface area (Å²) < 4.78 is 31.0. The molecular weight excluding hydrogens is 354 g/mol. The third-order valence-electron chi connectivity index (χ3n) is 4.67. The number of aliphatic imine (C=N–C) groups is 1. The van der Waals surface area contributed by atoms with Crippen LogP contribution in [-0.2, 0) is 13.0 Å². The molecule has 0 fully saturated rings. The van der Waals surface area contributed by atoms with Gasteiger partial charge in [0, 0.05) is 22.5 Å². The highest BCUT2D eigenvalue weighted by Crippen LogP contribution is 2.31.